The molecule has 0 aliphatic carbocycles. The highest BCUT2D eigenvalue weighted by Gasteiger charge is 1.89. The molecule has 0 spiro atoms. The number of hydrogen-bond donors (Lipinski definition) is 0. The van der Waals surface area contributed by atoms with E-state index < -0.39 is 0 Å². The van der Waals surface area contributed by atoms with Crippen LogP contribution in [-0.2, 0) is 4.79 Å². The summed E-state index contributed by atoms with van der Waals surface area (Å²) in [7, 11) is 3.72. The van der Waals surface area contributed by atoms with Crippen LogP contribution < -0.4 is 0 Å². The van der Waals surface area contributed by atoms with Gasteiger partial charge in [0.1, 0.15) is 6.29 Å². The molecule has 0 aliphatic rings. The Morgan fingerprint density at radius 1 is 1.56 bits per heavy atom. The quantitative estimate of drug-likeness (QED) is 0.316. The number of likely N-dealkylation sites (N-methyl/N-ethyl adjacent to an activating group) is 1. The maximum Gasteiger partial charge on any atom is 0.144 e. The number of carbonyl (C=O) groups excluding carboxylic acids is 1. The second-order valence-corrected chi connectivity index (χ2v) is 1.83. The monoisotopic (exact) mass is 125 g/mol. The average molecular weight is 125 g/mol. The minimum absolute atomic E-state index is 0.747. The molecule has 0 aromatic rings. The van der Waals surface area contributed by atoms with Crippen LogP contribution in [-0.4, -0.2) is 25.3 Å². The molecule has 0 amide bonds. The molecule has 0 heterocycles. The van der Waals surface area contributed by atoms with Gasteiger partial charge in [-0.15, -0.1) is 0 Å². The summed E-state index contributed by atoms with van der Waals surface area (Å²) in [5.74, 6) is 0. The van der Waals surface area contributed by atoms with Crippen LogP contribution in [0.3, 0.4) is 0 Å². The zero-order valence-electron chi connectivity index (χ0n) is 5.79. The molecule has 0 N–H and O–H groups in total. The second-order valence-electron chi connectivity index (χ2n) is 1.83. The summed E-state index contributed by atoms with van der Waals surface area (Å²) in [5.41, 5.74) is 0.824. The largest absolute Gasteiger partial charge is 0.378 e. The Morgan fingerprint density at radius 3 is 2.22 bits per heavy atom. The van der Waals surface area contributed by atoms with E-state index in [4.69, 9.17) is 0 Å². The van der Waals surface area contributed by atoms with Gasteiger partial charge in [0.15, 0.2) is 0 Å². The van der Waals surface area contributed by atoms with Crippen molar-refractivity contribution in [2.24, 2.45) is 0 Å². The van der Waals surface area contributed by atoms with Gasteiger partial charge in [0, 0.05) is 25.9 Å². The molecular weight excluding hydrogens is 114 g/mol. The molecule has 0 aliphatic heterocycles. The van der Waals surface area contributed by atoms with Crippen LogP contribution in [0.4, 0.5) is 0 Å². The first-order valence-corrected chi connectivity index (χ1v) is 2.67. The number of hydrogen-bond acceptors (Lipinski definition) is 2. The van der Waals surface area contributed by atoms with E-state index in [0.717, 1.165) is 12.0 Å². The van der Waals surface area contributed by atoms with Gasteiger partial charge in [-0.25, -0.2) is 0 Å². The minimum atomic E-state index is 0.747. The van der Waals surface area contributed by atoms with E-state index in [9.17, 15) is 4.79 Å². The van der Waals surface area contributed by atoms with Crippen LogP contribution in [0.5, 0.6) is 0 Å². The van der Waals surface area contributed by atoms with Gasteiger partial charge in [-0.1, -0.05) is 6.58 Å². The van der Waals surface area contributed by atoms with Gasteiger partial charge >= 0.3 is 0 Å². The maximum atomic E-state index is 9.93. The molecule has 0 atom stereocenters. The second kappa shape index (κ2) is 3.89. The first-order valence-electron chi connectivity index (χ1n) is 2.67. The molecule has 0 unspecified atom stereocenters. The third-order valence-electron chi connectivity index (χ3n) is 0.964. The number of nitrogens with zero attached hydrogens (tertiary/aromatic N) is 1. The van der Waals surface area contributed by atoms with E-state index in [1.807, 2.05) is 19.0 Å². The highest BCUT2D eigenvalue weighted by molar-refractivity contribution is 5.66. The van der Waals surface area contributed by atoms with Crippen LogP contribution in [0.1, 0.15) is 0 Å². The predicted molar refractivity (Wildman–Crippen MR) is 38.0 cm³/mol. The summed E-state index contributed by atoms with van der Waals surface area (Å²) in [4.78, 5) is 11.7. The van der Waals surface area contributed by atoms with E-state index in [0.29, 0.717) is 0 Å². The maximum absolute atomic E-state index is 9.93. The fourth-order valence-electron chi connectivity index (χ4n) is 0.469. The molecule has 0 aromatic heterocycles. The van der Waals surface area contributed by atoms with Gasteiger partial charge in [0.2, 0.25) is 0 Å². The lowest BCUT2D eigenvalue weighted by Gasteiger charge is -2.10. The Balaban J connectivity index is 4.13. The van der Waals surface area contributed by atoms with Crippen molar-refractivity contribution in [2.75, 3.05) is 14.1 Å². The van der Waals surface area contributed by atoms with Crippen LogP contribution in [0.25, 0.3) is 0 Å². The van der Waals surface area contributed by atoms with Crippen LogP contribution in [0, 0.1) is 0 Å². The highest BCUT2D eigenvalue weighted by Crippen LogP contribution is 1.95. The molecule has 0 radical (unpaired) electrons. The number of rotatable bonds is 3. The van der Waals surface area contributed by atoms with E-state index in [1.165, 1.54) is 6.08 Å². The summed E-state index contributed by atoms with van der Waals surface area (Å²) < 4.78 is 0. The summed E-state index contributed by atoms with van der Waals surface area (Å²) in [6, 6.07) is 0. The summed E-state index contributed by atoms with van der Waals surface area (Å²) in [6.07, 6.45) is 3.85. The Bertz CT molecular complexity index is 136. The Hall–Kier alpha value is -1.05. The molecule has 9 heavy (non-hydrogen) atoms. The number of aldehydes is 1. The molecule has 0 saturated carbocycles. The normalized spacial score (nSPS) is 10.7. The summed E-state index contributed by atoms with van der Waals surface area (Å²) in [6.45, 7) is 3.53. The zero-order valence-corrected chi connectivity index (χ0v) is 5.79. The first-order chi connectivity index (χ1) is 4.22. The van der Waals surface area contributed by atoms with Crippen molar-refractivity contribution >= 4 is 6.29 Å². The van der Waals surface area contributed by atoms with Gasteiger partial charge in [-0.3, -0.25) is 4.79 Å². The smallest absolute Gasteiger partial charge is 0.144 e. The third kappa shape index (κ3) is 2.69. The fourth-order valence-corrected chi connectivity index (χ4v) is 0.469. The molecular formula is C7H11NO. The SMILES string of the molecule is C=C/C(=C/C=O)N(C)C. The molecule has 0 aromatic carbocycles. The predicted octanol–water partition coefficient (Wildman–Crippen LogP) is 0.817. The van der Waals surface area contributed by atoms with Crippen molar-refractivity contribution < 1.29 is 4.79 Å². The van der Waals surface area contributed by atoms with Crippen molar-refractivity contribution in [3.63, 3.8) is 0 Å². The van der Waals surface area contributed by atoms with E-state index >= 15 is 0 Å². The number of carbonyl (C=O) groups is 1. The van der Waals surface area contributed by atoms with Crippen molar-refractivity contribution in [1.29, 1.82) is 0 Å². The molecule has 2 heteroatoms. The van der Waals surface area contributed by atoms with Crippen LogP contribution in [0.15, 0.2) is 24.4 Å². The number of allylic oxidation sites excluding steroid dienone is 2. The third-order valence-corrected chi connectivity index (χ3v) is 0.964. The van der Waals surface area contributed by atoms with E-state index in [1.54, 1.807) is 6.08 Å². The van der Waals surface area contributed by atoms with Crippen LogP contribution >= 0.6 is 0 Å². The first kappa shape index (κ1) is 7.95. The topological polar surface area (TPSA) is 20.3 Å². The lowest BCUT2D eigenvalue weighted by Crippen LogP contribution is -2.08. The molecule has 50 valence electrons. The molecule has 2 nitrogen and oxygen atoms in total. The Labute approximate surface area is 55.5 Å². The van der Waals surface area contributed by atoms with Gasteiger partial charge < -0.3 is 4.90 Å². The van der Waals surface area contributed by atoms with Crippen LogP contribution in [0.2, 0.25) is 0 Å². The van der Waals surface area contributed by atoms with Crippen molar-refractivity contribution in [2.45, 2.75) is 0 Å². The van der Waals surface area contributed by atoms with Gasteiger partial charge in [0.05, 0.1) is 0 Å². The summed E-state index contributed by atoms with van der Waals surface area (Å²) in [5, 5.41) is 0. The van der Waals surface area contributed by atoms with Crippen molar-refractivity contribution in [1.82, 2.24) is 4.90 Å². The molecule has 0 fully saturated rings. The Kier molecular flexibility index (Phi) is 3.44. The van der Waals surface area contributed by atoms with Gasteiger partial charge in [-0.05, 0) is 6.08 Å². The van der Waals surface area contributed by atoms with Gasteiger partial charge in [-0.2, -0.15) is 0 Å². The lowest BCUT2D eigenvalue weighted by atomic mass is 10.4. The Morgan fingerprint density at radius 2 is 2.11 bits per heavy atom. The molecule has 0 rings (SSSR count). The standard InChI is InChI=1S/C7H11NO/c1-4-7(5-6-9)8(2)3/h4-6H,1H2,2-3H3/b7-5-. The van der Waals surface area contributed by atoms with Gasteiger partial charge in [0.25, 0.3) is 0 Å². The lowest BCUT2D eigenvalue weighted by molar-refractivity contribution is -0.104. The minimum Gasteiger partial charge on any atom is -0.378 e. The highest BCUT2D eigenvalue weighted by atomic mass is 16.1. The zero-order chi connectivity index (χ0) is 7.28. The molecule has 0 saturated heterocycles. The van der Waals surface area contributed by atoms with Crippen molar-refractivity contribution in [3.05, 3.63) is 24.4 Å². The fraction of sp³-hybridized carbons (Fsp3) is 0.286. The average Bonchev–Trinajstić information content (AvgIpc) is 1.82. The summed E-state index contributed by atoms with van der Waals surface area (Å²) >= 11 is 0. The molecule has 0 bridgehead atoms. The van der Waals surface area contributed by atoms with E-state index in [2.05, 4.69) is 6.58 Å². The van der Waals surface area contributed by atoms with E-state index in [-0.39, 0.29) is 0 Å². The van der Waals surface area contributed by atoms with Crippen molar-refractivity contribution in [3.8, 4) is 0 Å².